The Bertz CT molecular complexity index is 2290. The van der Waals surface area contributed by atoms with Crippen molar-refractivity contribution in [3.05, 3.63) is 141 Å². The lowest BCUT2D eigenvalue weighted by Crippen LogP contribution is -2.43. The van der Waals surface area contributed by atoms with E-state index in [1.54, 1.807) is 41.2 Å². The molecule has 0 aliphatic heterocycles. The van der Waals surface area contributed by atoms with Gasteiger partial charge in [-0.05, 0) is 41.5 Å². The van der Waals surface area contributed by atoms with Crippen LogP contribution in [-0.4, -0.2) is 39.5 Å². The van der Waals surface area contributed by atoms with Gasteiger partial charge < -0.3 is 14.9 Å². The fourth-order valence-electron chi connectivity index (χ4n) is 5.26. The van der Waals surface area contributed by atoms with Gasteiger partial charge in [0.15, 0.2) is 17.0 Å². The Morgan fingerprint density at radius 2 is 1.58 bits per heavy atom. The third-order valence-electron chi connectivity index (χ3n) is 7.40. The van der Waals surface area contributed by atoms with Crippen molar-refractivity contribution in [2.45, 2.75) is 19.6 Å². The molecule has 0 spiro atoms. The van der Waals surface area contributed by atoms with Gasteiger partial charge >= 0.3 is 5.69 Å². The van der Waals surface area contributed by atoms with Crippen molar-refractivity contribution in [2.75, 3.05) is 5.32 Å². The van der Waals surface area contributed by atoms with E-state index in [9.17, 15) is 14.4 Å². The normalized spacial score (nSPS) is 11.3. The van der Waals surface area contributed by atoms with E-state index in [0.717, 1.165) is 15.7 Å². The molecule has 0 fully saturated rings. The minimum absolute atomic E-state index is 0.182. The molecule has 2 N–H and O–H groups in total. The first-order chi connectivity index (χ1) is 21.9. The average Bonchev–Trinajstić information content (AvgIpc) is 3.67. The van der Waals surface area contributed by atoms with Gasteiger partial charge in [0.05, 0.1) is 28.9 Å². The van der Waals surface area contributed by atoms with Crippen LogP contribution in [0.15, 0.2) is 113 Å². The number of nitrogens with one attached hydrogen (secondary N) is 2. The smallest absolute Gasteiger partial charge is 0.333 e. The number of aromatic amines is 1. The maximum atomic E-state index is 13.8. The minimum atomic E-state index is -0.624. The standard InChI is InChI=1S/C33H25ClN8O3/c34-23-11-13-26(35-16-23)30-38-25-14-12-24(15-27(25)39-30)37-28(43)19-42-32(44)29-31(36-20-40(29)17-21-7-3-1-4-8-21)41(33(42)45)18-22-9-5-2-6-10-22/h1-16,20H,17-19H2,(H,37,43)(H,38,39). The van der Waals surface area contributed by atoms with Crippen molar-refractivity contribution >= 4 is 45.4 Å². The number of rotatable bonds is 8. The molecule has 4 heterocycles. The number of anilines is 1. The Hall–Kier alpha value is -5.81. The first kappa shape index (κ1) is 28.0. The zero-order chi connectivity index (χ0) is 30.9. The number of halogens is 1. The maximum Gasteiger partial charge on any atom is 0.333 e. The second kappa shape index (κ2) is 11.7. The third kappa shape index (κ3) is 5.64. The SMILES string of the molecule is O=C(Cn1c(=O)c2c(ncn2Cc2ccccc2)n(Cc2ccccc2)c1=O)Nc1ccc2nc(-c3ccc(Cl)cn3)[nH]c2c1. The highest BCUT2D eigenvalue weighted by Crippen LogP contribution is 2.23. The summed E-state index contributed by atoms with van der Waals surface area (Å²) < 4.78 is 4.11. The maximum absolute atomic E-state index is 13.8. The highest BCUT2D eigenvalue weighted by molar-refractivity contribution is 6.30. The minimum Gasteiger partial charge on any atom is -0.337 e. The zero-order valence-corrected chi connectivity index (χ0v) is 24.5. The van der Waals surface area contributed by atoms with Crippen LogP contribution in [0.5, 0.6) is 0 Å². The van der Waals surface area contributed by atoms with E-state index in [4.69, 9.17) is 11.6 Å². The molecule has 11 nitrogen and oxygen atoms in total. The van der Waals surface area contributed by atoms with Crippen LogP contribution in [0.2, 0.25) is 5.02 Å². The first-order valence-corrected chi connectivity index (χ1v) is 14.5. The molecule has 1 amide bonds. The first-order valence-electron chi connectivity index (χ1n) is 14.1. The molecule has 4 aromatic heterocycles. The van der Waals surface area contributed by atoms with Crippen molar-refractivity contribution in [1.82, 2.24) is 33.6 Å². The molecule has 0 radical (unpaired) electrons. The molecule has 222 valence electrons. The summed E-state index contributed by atoms with van der Waals surface area (Å²) in [6, 6.07) is 27.7. The fraction of sp³-hybridized carbons (Fsp3) is 0.0909. The average molecular weight is 617 g/mol. The third-order valence-corrected chi connectivity index (χ3v) is 7.62. The van der Waals surface area contributed by atoms with E-state index in [2.05, 4.69) is 25.3 Å². The molecule has 3 aromatic carbocycles. The predicted octanol–water partition coefficient (Wildman–Crippen LogP) is 4.69. The van der Waals surface area contributed by atoms with Crippen molar-refractivity contribution in [3.63, 3.8) is 0 Å². The van der Waals surface area contributed by atoms with Gasteiger partial charge in [-0.3, -0.25) is 19.1 Å². The molecular weight excluding hydrogens is 592 g/mol. The lowest BCUT2D eigenvalue weighted by Gasteiger charge is -2.13. The fourth-order valence-corrected chi connectivity index (χ4v) is 5.37. The number of pyridine rings is 1. The van der Waals surface area contributed by atoms with Gasteiger partial charge in [0.25, 0.3) is 5.56 Å². The molecule has 45 heavy (non-hydrogen) atoms. The molecule has 0 unspecified atom stereocenters. The van der Waals surface area contributed by atoms with Gasteiger partial charge in [-0.25, -0.2) is 19.3 Å². The van der Waals surface area contributed by atoms with Gasteiger partial charge in [0.2, 0.25) is 5.91 Å². The van der Waals surface area contributed by atoms with Crippen LogP contribution in [0.4, 0.5) is 5.69 Å². The monoisotopic (exact) mass is 616 g/mol. The summed E-state index contributed by atoms with van der Waals surface area (Å²) in [6.07, 6.45) is 3.09. The Kier molecular flexibility index (Phi) is 7.28. The molecule has 0 saturated heterocycles. The molecule has 0 saturated carbocycles. The van der Waals surface area contributed by atoms with Crippen LogP contribution in [0, 0.1) is 0 Å². The number of imidazole rings is 2. The Labute approximate surface area is 260 Å². The van der Waals surface area contributed by atoms with E-state index < -0.39 is 23.7 Å². The van der Waals surface area contributed by atoms with Crippen LogP contribution >= 0.6 is 11.6 Å². The number of hydrogen-bond acceptors (Lipinski definition) is 6. The number of amides is 1. The van der Waals surface area contributed by atoms with Crippen LogP contribution in [-0.2, 0) is 24.4 Å². The number of benzene rings is 3. The predicted molar refractivity (Wildman–Crippen MR) is 172 cm³/mol. The van der Waals surface area contributed by atoms with E-state index in [1.807, 2.05) is 60.7 Å². The zero-order valence-electron chi connectivity index (χ0n) is 23.7. The van der Waals surface area contributed by atoms with Gasteiger partial charge in [-0.15, -0.1) is 0 Å². The van der Waals surface area contributed by atoms with Gasteiger partial charge in [-0.1, -0.05) is 72.3 Å². The van der Waals surface area contributed by atoms with Crippen molar-refractivity contribution in [1.29, 1.82) is 0 Å². The molecule has 0 aliphatic carbocycles. The Morgan fingerprint density at radius 3 is 2.29 bits per heavy atom. The summed E-state index contributed by atoms with van der Waals surface area (Å²) in [4.78, 5) is 57.4. The lowest BCUT2D eigenvalue weighted by atomic mass is 10.2. The number of carbonyl (C=O) groups excluding carboxylic acids is 1. The summed E-state index contributed by atoms with van der Waals surface area (Å²) in [7, 11) is 0. The summed E-state index contributed by atoms with van der Waals surface area (Å²) >= 11 is 5.95. The Morgan fingerprint density at radius 1 is 0.844 bits per heavy atom. The molecule has 0 bridgehead atoms. The number of hydrogen-bond donors (Lipinski definition) is 2. The second-order valence-corrected chi connectivity index (χ2v) is 10.9. The molecule has 7 rings (SSSR count). The highest BCUT2D eigenvalue weighted by atomic mass is 35.5. The summed E-state index contributed by atoms with van der Waals surface area (Å²) in [5.74, 6) is 0.0171. The number of H-pyrrole nitrogens is 1. The summed E-state index contributed by atoms with van der Waals surface area (Å²) in [5, 5.41) is 3.33. The van der Waals surface area contributed by atoms with Crippen molar-refractivity contribution in [2.24, 2.45) is 0 Å². The van der Waals surface area contributed by atoms with E-state index in [0.29, 0.717) is 39.8 Å². The largest absolute Gasteiger partial charge is 0.337 e. The van der Waals surface area contributed by atoms with Crippen molar-refractivity contribution < 1.29 is 4.79 Å². The van der Waals surface area contributed by atoms with Gasteiger partial charge in [-0.2, -0.15) is 0 Å². The second-order valence-electron chi connectivity index (χ2n) is 10.5. The van der Waals surface area contributed by atoms with Crippen LogP contribution in [0.1, 0.15) is 11.1 Å². The molecule has 0 atom stereocenters. The van der Waals surface area contributed by atoms with E-state index in [-0.39, 0.29) is 17.7 Å². The number of nitrogens with zero attached hydrogens (tertiary/aromatic N) is 6. The van der Waals surface area contributed by atoms with Crippen LogP contribution in [0.25, 0.3) is 33.7 Å². The lowest BCUT2D eigenvalue weighted by molar-refractivity contribution is -0.116. The molecule has 12 heteroatoms. The van der Waals surface area contributed by atoms with Crippen molar-refractivity contribution in [3.8, 4) is 11.5 Å². The summed E-state index contributed by atoms with van der Waals surface area (Å²) in [5.41, 5.74) is 3.55. The van der Waals surface area contributed by atoms with Crippen LogP contribution in [0.3, 0.4) is 0 Å². The topological polar surface area (TPSA) is 132 Å². The Balaban J connectivity index is 1.22. The number of fused-ring (bicyclic) bond motifs is 2. The molecule has 0 aliphatic rings. The van der Waals surface area contributed by atoms with E-state index >= 15 is 0 Å². The van der Waals surface area contributed by atoms with Gasteiger partial charge in [0.1, 0.15) is 12.2 Å². The molecular formula is C33H25ClN8O3. The van der Waals surface area contributed by atoms with Gasteiger partial charge in [0, 0.05) is 18.4 Å². The number of carbonyl (C=O) groups is 1. The molecule has 7 aromatic rings. The highest BCUT2D eigenvalue weighted by Gasteiger charge is 2.20. The summed E-state index contributed by atoms with van der Waals surface area (Å²) in [6.45, 7) is 0.0711. The van der Waals surface area contributed by atoms with Crippen LogP contribution < -0.4 is 16.6 Å². The van der Waals surface area contributed by atoms with E-state index in [1.165, 1.54) is 10.8 Å². The number of aromatic nitrogens is 7. The quantitative estimate of drug-likeness (QED) is 0.255.